The molecule has 0 fully saturated rings. The number of carboxylic acids is 1. The van der Waals surface area contributed by atoms with Crippen LogP contribution in [0.25, 0.3) is 0 Å². The lowest BCUT2D eigenvalue weighted by molar-refractivity contribution is -0.133. The van der Waals surface area contributed by atoms with E-state index in [-0.39, 0.29) is 11.1 Å². The van der Waals surface area contributed by atoms with Crippen molar-refractivity contribution in [3.8, 4) is 0 Å². The summed E-state index contributed by atoms with van der Waals surface area (Å²) in [6, 6.07) is 0. The molecule has 6 nitrogen and oxygen atoms in total. The fraction of sp³-hybridized carbons (Fsp3) is 0.222. The minimum atomic E-state index is -1.12. The summed E-state index contributed by atoms with van der Waals surface area (Å²) in [5.41, 5.74) is 0.533. The van der Waals surface area contributed by atoms with E-state index in [4.69, 9.17) is 5.11 Å². The minimum Gasteiger partial charge on any atom is -0.478 e. The molecule has 0 aliphatic rings. The van der Waals surface area contributed by atoms with Gasteiger partial charge >= 0.3 is 5.97 Å². The molecule has 0 unspecified atom stereocenters. The quantitative estimate of drug-likeness (QED) is 0.727. The van der Waals surface area contributed by atoms with Gasteiger partial charge in [-0.25, -0.2) is 4.79 Å². The highest BCUT2D eigenvalue weighted by atomic mass is 16.5. The Morgan fingerprint density at radius 1 is 1.40 bits per heavy atom. The standard InChI is InChI=1S/C9H10N2O4/c1-5(6(2)9(13)14)8(12)11-7-3-10-15-4-7/h3-4H,1-2H3,(H,11,12)(H,13,14)/b6-5+. The lowest BCUT2D eigenvalue weighted by atomic mass is 10.1. The highest BCUT2D eigenvalue weighted by molar-refractivity contribution is 6.07. The number of hydrogen-bond acceptors (Lipinski definition) is 4. The lowest BCUT2D eigenvalue weighted by Gasteiger charge is -2.03. The van der Waals surface area contributed by atoms with Gasteiger partial charge in [-0.15, -0.1) is 0 Å². The summed E-state index contributed by atoms with van der Waals surface area (Å²) in [5, 5.41) is 14.5. The Hall–Kier alpha value is -2.11. The molecule has 1 aromatic heterocycles. The normalized spacial score (nSPS) is 11.9. The Morgan fingerprint density at radius 3 is 2.53 bits per heavy atom. The maximum absolute atomic E-state index is 11.5. The summed E-state index contributed by atoms with van der Waals surface area (Å²) in [5.74, 6) is -1.61. The molecule has 0 atom stereocenters. The molecule has 0 bridgehead atoms. The van der Waals surface area contributed by atoms with Crippen LogP contribution >= 0.6 is 0 Å². The minimum absolute atomic E-state index is 0.00366. The van der Waals surface area contributed by atoms with Crippen LogP contribution in [0.1, 0.15) is 13.8 Å². The van der Waals surface area contributed by atoms with E-state index in [0.717, 1.165) is 0 Å². The maximum Gasteiger partial charge on any atom is 0.331 e. The van der Waals surface area contributed by atoms with Crippen molar-refractivity contribution in [3.63, 3.8) is 0 Å². The van der Waals surface area contributed by atoms with Gasteiger partial charge in [0.15, 0.2) is 0 Å². The van der Waals surface area contributed by atoms with Crippen LogP contribution in [0.15, 0.2) is 28.1 Å². The first-order valence-corrected chi connectivity index (χ1v) is 4.14. The van der Waals surface area contributed by atoms with Gasteiger partial charge in [0, 0.05) is 11.1 Å². The monoisotopic (exact) mass is 210 g/mol. The Kier molecular flexibility index (Phi) is 3.22. The molecule has 0 saturated heterocycles. The fourth-order valence-corrected chi connectivity index (χ4v) is 0.822. The van der Waals surface area contributed by atoms with Crippen molar-refractivity contribution in [2.45, 2.75) is 13.8 Å². The summed E-state index contributed by atoms with van der Waals surface area (Å²) >= 11 is 0. The van der Waals surface area contributed by atoms with E-state index < -0.39 is 11.9 Å². The zero-order valence-corrected chi connectivity index (χ0v) is 8.27. The zero-order valence-electron chi connectivity index (χ0n) is 8.27. The van der Waals surface area contributed by atoms with E-state index in [1.807, 2.05) is 0 Å². The summed E-state index contributed by atoms with van der Waals surface area (Å²) in [4.78, 5) is 22.0. The van der Waals surface area contributed by atoms with Gasteiger partial charge in [0.05, 0.1) is 6.20 Å². The number of rotatable bonds is 3. The van der Waals surface area contributed by atoms with Gasteiger partial charge in [-0.2, -0.15) is 0 Å². The Balaban J connectivity index is 2.78. The Morgan fingerprint density at radius 2 is 2.07 bits per heavy atom. The molecular formula is C9H10N2O4. The van der Waals surface area contributed by atoms with Crippen LogP contribution in [0, 0.1) is 0 Å². The SMILES string of the molecule is C/C(C(=O)O)=C(/C)C(=O)Nc1cnoc1. The van der Waals surface area contributed by atoms with Crippen LogP contribution < -0.4 is 5.32 Å². The number of carbonyl (C=O) groups is 2. The van der Waals surface area contributed by atoms with Crippen molar-refractivity contribution in [2.75, 3.05) is 5.32 Å². The molecule has 0 saturated carbocycles. The number of anilines is 1. The molecule has 2 N–H and O–H groups in total. The van der Waals surface area contributed by atoms with Crippen molar-refractivity contribution < 1.29 is 19.2 Å². The molecule has 80 valence electrons. The van der Waals surface area contributed by atoms with Crippen LogP contribution in [0.5, 0.6) is 0 Å². The van der Waals surface area contributed by atoms with E-state index in [1.165, 1.54) is 26.3 Å². The lowest BCUT2D eigenvalue weighted by Crippen LogP contribution is -2.15. The van der Waals surface area contributed by atoms with Gasteiger partial charge in [0.2, 0.25) is 0 Å². The molecular weight excluding hydrogens is 200 g/mol. The molecule has 1 rings (SSSR count). The summed E-state index contributed by atoms with van der Waals surface area (Å²) in [7, 11) is 0. The molecule has 0 aliphatic heterocycles. The van der Waals surface area contributed by atoms with Crippen LogP contribution in [-0.2, 0) is 9.59 Å². The van der Waals surface area contributed by atoms with Crippen LogP contribution in [0.2, 0.25) is 0 Å². The molecule has 0 radical (unpaired) electrons. The zero-order chi connectivity index (χ0) is 11.4. The van der Waals surface area contributed by atoms with Crippen LogP contribution in [0.4, 0.5) is 5.69 Å². The van der Waals surface area contributed by atoms with E-state index in [0.29, 0.717) is 5.69 Å². The molecule has 0 spiro atoms. The van der Waals surface area contributed by atoms with E-state index in [2.05, 4.69) is 15.0 Å². The van der Waals surface area contributed by atoms with Crippen LogP contribution in [0.3, 0.4) is 0 Å². The van der Waals surface area contributed by atoms with Gasteiger partial charge in [0.25, 0.3) is 5.91 Å². The predicted molar refractivity (Wildman–Crippen MR) is 51.1 cm³/mol. The number of amides is 1. The van der Waals surface area contributed by atoms with Crippen molar-refractivity contribution >= 4 is 17.6 Å². The number of nitrogens with zero attached hydrogens (tertiary/aromatic N) is 1. The average molecular weight is 210 g/mol. The van der Waals surface area contributed by atoms with Crippen molar-refractivity contribution in [3.05, 3.63) is 23.6 Å². The first-order chi connectivity index (χ1) is 7.02. The first-order valence-electron chi connectivity index (χ1n) is 4.14. The maximum atomic E-state index is 11.5. The number of carbonyl (C=O) groups excluding carboxylic acids is 1. The highest BCUT2D eigenvalue weighted by Gasteiger charge is 2.13. The van der Waals surface area contributed by atoms with E-state index in [1.54, 1.807) is 0 Å². The van der Waals surface area contributed by atoms with Gasteiger partial charge in [-0.1, -0.05) is 5.16 Å². The second-order valence-corrected chi connectivity index (χ2v) is 2.92. The molecule has 1 amide bonds. The fourth-order valence-electron chi connectivity index (χ4n) is 0.822. The molecule has 0 aliphatic carbocycles. The van der Waals surface area contributed by atoms with Crippen LogP contribution in [-0.4, -0.2) is 22.1 Å². The highest BCUT2D eigenvalue weighted by Crippen LogP contribution is 2.09. The number of carboxylic acid groups (broad SMARTS) is 1. The number of aliphatic carboxylic acids is 1. The molecule has 15 heavy (non-hydrogen) atoms. The smallest absolute Gasteiger partial charge is 0.331 e. The summed E-state index contributed by atoms with van der Waals surface area (Å²) < 4.78 is 4.51. The molecule has 1 heterocycles. The van der Waals surface area contributed by atoms with Gasteiger partial charge in [0.1, 0.15) is 12.0 Å². The third kappa shape index (κ3) is 2.67. The second-order valence-electron chi connectivity index (χ2n) is 2.92. The van der Waals surface area contributed by atoms with E-state index >= 15 is 0 Å². The third-order valence-corrected chi connectivity index (χ3v) is 1.91. The summed E-state index contributed by atoms with van der Waals surface area (Å²) in [6.45, 7) is 2.80. The largest absolute Gasteiger partial charge is 0.478 e. The van der Waals surface area contributed by atoms with Gasteiger partial charge < -0.3 is 14.9 Å². The number of aromatic nitrogens is 1. The van der Waals surface area contributed by atoms with Gasteiger partial charge in [-0.05, 0) is 13.8 Å². The number of hydrogen-bond donors (Lipinski definition) is 2. The van der Waals surface area contributed by atoms with Crippen molar-refractivity contribution in [2.24, 2.45) is 0 Å². The van der Waals surface area contributed by atoms with Gasteiger partial charge in [-0.3, -0.25) is 4.79 Å². The second kappa shape index (κ2) is 4.41. The average Bonchev–Trinajstić information content (AvgIpc) is 2.67. The Labute approximate surface area is 85.6 Å². The summed E-state index contributed by atoms with van der Waals surface area (Å²) in [6.07, 6.45) is 2.57. The van der Waals surface area contributed by atoms with E-state index in [9.17, 15) is 9.59 Å². The topological polar surface area (TPSA) is 92.4 Å². The van der Waals surface area contributed by atoms with Crippen molar-refractivity contribution in [1.29, 1.82) is 0 Å². The first kappa shape index (κ1) is 11.0. The molecule has 0 aromatic carbocycles. The Bertz CT molecular complexity index is 406. The molecule has 1 aromatic rings. The predicted octanol–water partition coefficient (Wildman–Crippen LogP) is 1.03. The van der Waals surface area contributed by atoms with Crippen molar-refractivity contribution in [1.82, 2.24) is 5.16 Å². The third-order valence-electron chi connectivity index (χ3n) is 1.91. The number of nitrogens with one attached hydrogen (secondary N) is 1. The molecule has 6 heteroatoms.